The van der Waals surface area contributed by atoms with Gasteiger partial charge >= 0.3 is 0 Å². The molecule has 16 heavy (non-hydrogen) atoms. The fraction of sp³-hybridized carbons (Fsp3) is 0.500. The highest BCUT2D eigenvalue weighted by atomic mass is 32.2. The summed E-state index contributed by atoms with van der Waals surface area (Å²) in [5, 5.41) is 3.45. The van der Waals surface area contributed by atoms with Gasteiger partial charge in [0.2, 0.25) is 0 Å². The summed E-state index contributed by atoms with van der Waals surface area (Å²) in [6.07, 6.45) is 2.03. The van der Waals surface area contributed by atoms with Crippen LogP contribution in [0.1, 0.15) is 24.4 Å². The smallest absolute Gasteiger partial charge is 0.137 e. The molecule has 3 N–H and O–H groups in total. The van der Waals surface area contributed by atoms with Gasteiger partial charge in [-0.1, -0.05) is 12.1 Å². The fourth-order valence-electron chi connectivity index (χ4n) is 1.98. The lowest BCUT2D eigenvalue weighted by molar-refractivity contribution is 0.493. The second-order valence-electron chi connectivity index (χ2n) is 3.94. The van der Waals surface area contributed by atoms with E-state index in [4.69, 9.17) is 5.73 Å². The van der Waals surface area contributed by atoms with E-state index in [9.17, 15) is 4.39 Å². The highest BCUT2D eigenvalue weighted by molar-refractivity contribution is 7.99. The van der Waals surface area contributed by atoms with Crippen LogP contribution in [0.4, 0.5) is 4.39 Å². The van der Waals surface area contributed by atoms with Crippen LogP contribution in [-0.4, -0.2) is 18.8 Å². The molecule has 1 heterocycles. The van der Waals surface area contributed by atoms with Gasteiger partial charge in [0.25, 0.3) is 0 Å². The lowest BCUT2D eigenvalue weighted by Crippen LogP contribution is -2.27. The second-order valence-corrected chi connectivity index (χ2v) is 5.05. The molecule has 0 radical (unpaired) electrons. The summed E-state index contributed by atoms with van der Waals surface area (Å²) < 4.78 is 13.6. The molecule has 2 rings (SSSR count). The van der Waals surface area contributed by atoms with Crippen LogP contribution in [0.2, 0.25) is 0 Å². The molecule has 0 saturated heterocycles. The van der Waals surface area contributed by atoms with Gasteiger partial charge in [-0.15, -0.1) is 11.8 Å². The zero-order valence-corrected chi connectivity index (χ0v) is 10.0. The minimum absolute atomic E-state index is 0.0900. The van der Waals surface area contributed by atoms with Crippen molar-refractivity contribution in [3.8, 4) is 0 Å². The van der Waals surface area contributed by atoms with E-state index < -0.39 is 0 Å². The summed E-state index contributed by atoms with van der Waals surface area (Å²) in [7, 11) is 0. The van der Waals surface area contributed by atoms with Crippen molar-refractivity contribution in [3.05, 3.63) is 29.6 Å². The average Bonchev–Trinajstić information content (AvgIpc) is 2.31. The quantitative estimate of drug-likeness (QED) is 0.793. The van der Waals surface area contributed by atoms with Crippen LogP contribution < -0.4 is 11.1 Å². The molecule has 1 unspecified atom stereocenters. The summed E-state index contributed by atoms with van der Waals surface area (Å²) in [6.45, 7) is 1.60. The summed E-state index contributed by atoms with van der Waals surface area (Å²) in [5.74, 6) is 0.890. The third-order valence-corrected chi connectivity index (χ3v) is 3.96. The molecule has 4 heteroatoms. The number of fused-ring (bicyclic) bond motifs is 1. The topological polar surface area (TPSA) is 38.0 Å². The van der Waals surface area contributed by atoms with Gasteiger partial charge in [-0.2, -0.15) is 0 Å². The fourth-order valence-corrected chi connectivity index (χ4v) is 3.12. The molecule has 0 aromatic heterocycles. The largest absolute Gasteiger partial charge is 0.330 e. The van der Waals surface area contributed by atoms with Gasteiger partial charge in [-0.3, -0.25) is 0 Å². The van der Waals surface area contributed by atoms with Crippen LogP contribution in [-0.2, 0) is 0 Å². The van der Waals surface area contributed by atoms with Crippen LogP contribution in [0.3, 0.4) is 0 Å². The van der Waals surface area contributed by atoms with Gasteiger partial charge in [0.05, 0.1) is 0 Å². The number of halogens is 1. The van der Waals surface area contributed by atoms with Crippen LogP contribution >= 0.6 is 11.8 Å². The van der Waals surface area contributed by atoms with E-state index in [1.54, 1.807) is 17.8 Å². The zero-order chi connectivity index (χ0) is 11.4. The number of nitrogens with two attached hydrogens (primary N) is 1. The number of nitrogens with one attached hydrogen (secondary N) is 1. The van der Waals surface area contributed by atoms with Crippen molar-refractivity contribution < 1.29 is 4.39 Å². The standard InChI is InChI=1S/C12H17FN2S/c13-10-4-1-3-9-11(15-7-2-6-14)5-8-16-12(9)10/h1,3-4,11,15H,2,5-8,14H2. The Kier molecular flexibility index (Phi) is 4.21. The van der Waals surface area contributed by atoms with Crippen molar-refractivity contribution in [1.29, 1.82) is 0 Å². The Morgan fingerprint density at radius 1 is 1.50 bits per heavy atom. The molecule has 0 amide bonds. The number of thioether (sulfide) groups is 1. The van der Waals surface area contributed by atoms with Crippen molar-refractivity contribution in [2.24, 2.45) is 5.73 Å². The lowest BCUT2D eigenvalue weighted by atomic mass is 10.0. The first-order valence-corrected chi connectivity index (χ1v) is 6.66. The maximum atomic E-state index is 13.6. The molecular formula is C12H17FN2S. The maximum Gasteiger partial charge on any atom is 0.137 e. The molecule has 0 aliphatic carbocycles. The van der Waals surface area contributed by atoms with Gasteiger partial charge in [-0.05, 0) is 43.3 Å². The zero-order valence-electron chi connectivity index (χ0n) is 9.21. The number of rotatable bonds is 4. The Balaban J connectivity index is 2.10. The van der Waals surface area contributed by atoms with Crippen molar-refractivity contribution in [1.82, 2.24) is 5.32 Å². The normalized spacial score (nSPS) is 19.5. The molecule has 1 aromatic carbocycles. The molecular weight excluding hydrogens is 223 g/mol. The lowest BCUT2D eigenvalue weighted by Gasteiger charge is -2.26. The van der Waals surface area contributed by atoms with Gasteiger partial charge in [0.15, 0.2) is 0 Å². The van der Waals surface area contributed by atoms with Crippen molar-refractivity contribution in [2.45, 2.75) is 23.8 Å². The van der Waals surface area contributed by atoms with Gasteiger partial charge < -0.3 is 11.1 Å². The molecule has 88 valence electrons. The number of hydrogen-bond acceptors (Lipinski definition) is 3. The second kappa shape index (κ2) is 5.66. The van der Waals surface area contributed by atoms with E-state index in [2.05, 4.69) is 5.32 Å². The number of benzene rings is 1. The third-order valence-electron chi connectivity index (χ3n) is 2.80. The Bertz CT molecular complexity index is 357. The summed E-state index contributed by atoms with van der Waals surface area (Å²) >= 11 is 1.62. The first kappa shape index (κ1) is 11.9. The van der Waals surface area contributed by atoms with Gasteiger partial charge in [0, 0.05) is 10.9 Å². The molecule has 1 aliphatic rings. The molecule has 1 atom stereocenters. The van der Waals surface area contributed by atoms with Crippen molar-refractivity contribution >= 4 is 11.8 Å². The van der Waals surface area contributed by atoms with Gasteiger partial charge in [-0.25, -0.2) is 4.39 Å². The van der Waals surface area contributed by atoms with Crippen molar-refractivity contribution in [2.75, 3.05) is 18.8 Å². The van der Waals surface area contributed by atoms with Crippen molar-refractivity contribution in [3.63, 3.8) is 0 Å². The molecule has 0 bridgehead atoms. The molecule has 1 aliphatic heterocycles. The predicted molar refractivity (Wildman–Crippen MR) is 66.2 cm³/mol. The van der Waals surface area contributed by atoms with Crippen LogP contribution in [0, 0.1) is 5.82 Å². The highest BCUT2D eigenvalue weighted by Gasteiger charge is 2.22. The Labute approximate surface area is 99.8 Å². The Morgan fingerprint density at radius 2 is 2.38 bits per heavy atom. The molecule has 2 nitrogen and oxygen atoms in total. The SMILES string of the molecule is NCCCNC1CCSc2c(F)cccc21. The highest BCUT2D eigenvalue weighted by Crippen LogP contribution is 2.37. The van der Waals surface area contributed by atoms with E-state index in [0.717, 1.165) is 35.6 Å². The summed E-state index contributed by atoms with van der Waals surface area (Å²) in [6, 6.07) is 5.63. The van der Waals surface area contributed by atoms with Crippen LogP contribution in [0.25, 0.3) is 0 Å². The molecule has 0 fully saturated rings. The third kappa shape index (κ3) is 2.56. The van der Waals surface area contributed by atoms with Gasteiger partial charge in [0.1, 0.15) is 5.82 Å². The summed E-state index contributed by atoms with van der Waals surface area (Å²) in [5.41, 5.74) is 6.56. The monoisotopic (exact) mass is 240 g/mol. The summed E-state index contributed by atoms with van der Waals surface area (Å²) in [4.78, 5) is 0.819. The first-order chi connectivity index (χ1) is 7.83. The molecule has 1 aromatic rings. The Morgan fingerprint density at radius 3 is 3.19 bits per heavy atom. The average molecular weight is 240 g/mol. The molecule has 0 saturated carbocycles. The minimum Gasteiger partial charge on any atom is -0.330 e. The minimum atomic E-state index is -0.0900. The van der Waals surface area contributed by atoms with E-state index in [-0.39, 0.29) is 5.82 Å². The molecule has 0 spiro atoms. The van der Waals surface area contributed by atoms with E-state index in [1.807, 2.05) is 6.07 Å². The van der Waals surface area contributed by atoms with E-state index in [0.29, 0.717) is 12.6 Å². The van der Waals surface area contributed by atoms with E-state index in [1.165, 1.54) is 6.07 Å². The van der Waals surface area contributed by atoms with Crippen LogP contribution in [0.15, 0.2) is 23.1 Å². The maximum absolute atomic E-state index is 13.6. The first-order valence-electron chi connectivity index (χ1n) is 5.67. The predicted octanol–water partition coefficient (Wildman–Crippen LogP) is 2.30. The number of hydrogen-bond donors (Lipinski definition) is 2. The van der Waals surface area contributed by atoms with E-state index >= 15 is 0 Å². The Hall–Kier alpha value is -0.580. The van der Waals surface area contributed by atoms with Crippen LogP contribution in [0.5, 0.6) is 0 Å².